The van der Waals surface area contributed by atoms with Crippen molar-refractivity contribution in [3.63, 3.8) is 0 Å². The molecule has 198 valence electrons. The van der Waals surface area contributed by atoms with Crippen LogP contribution in [0.4, 0.5) is 16.2 Å². The van der Waals surface area contributed by atoms with Crippen LogP contribution < -0.4 is 11.5 Å². The number of carbonyl (C=O) groups excluding carboxylic acids is 2. The summed E-state index contributed by atoms with van der Waals surface area (Å²) >= 11 is 11.7. The van der Waals surface area contributed by atoms with Crippen molar-refractivity contribution in [3.05, 3.63) is 58.3 Å². The molecule has 0 saturated carbocycles. The summed E-state index contributed by atoms with van der Waals surface area (Å²) in [5.41, 5.74) is 13.1. The molecule has 1 amide bonds. The van der Waals surface area contributed by atoms with Gasteiger partial charge in [0.1, 0.15) is 11.9 Å². The highest BCUT2D eigenvalue weighted by molar-refractivity contribution is 6.31. The van der Waals surface area contributed by atoms with Crippen LogP contribution in [0, 0.1) is 0 Å². The van der Waals surface area contributed by atoms with Crippen LogP contribution in [0.5, 0.6) is 0 Å². The number of methoxy groups -OCH3 is 1. The lowest BCUT2D eigenvalue weighted by Crippen LogP contribution is -2.35. The number of hydrogen-bond acceptors (Lipinski definition) is 8. The van der Waals surface area contributed by atoms with E-state index in [2.05, 4.69) is 14.9 Å². The zero-order valence-corrected chi connectivity index (χ0v) is 22.6. The fourth-order valence-electron chi connectivity index (χ4n) is 3.70. The van der Waals surface area contributed by atoms with Crippen molar-refractivity contribution in [1.82, 2.24) is 19.7 Å². The van der Waals surface area contributed by atoms with Crippen LogP contribution in [-0.2, 0) is 9.47 Å². The van der Waals surface area contributed by atoms with Crippen LogP contribution in [0.3, 0.4) is 0 Å². The van der Waals surface area contributed by atoms with Crippen LogP contribution in [0.2, 0.25) is 10.0 Å². The van der Waals surface area contributed by atoms with E-state index in [1.54, 1.807) is 41.6 Å². The molecule has 37 heavy (non-hydrogen) atoms. The quantitative estimate of drug-likeness (QED) is 0.341. The molecule has 0 aliphatic carbocycles. The van der Waals surface area contributed by atoms with Gasteiger partial charge in [0.25, 0.3) is 0 Å². The first-order valence-corrected chi connectivity index (χ1v) is 12.2. The van der Waals surface area contributed by atoms with Gasteiger partial charge in [-0.25, -0.2) is 9.59 Å². The average Bonchev–Trinajstić information content (AvgIpc) is 3.51. The molecular formula is C25H30Cl2N6O4. The lowest BCUT2D eigenvalue weighted by molar-refractivity contribution is 0.0289. The van der Waals surface area contributed by atoms with E-state index < -0.39 is 11.6 Å². The summed E-state index contributed by atoms with van der Waals surface area (Å²) in [6, 6.07) is 9.98. The van der Waals surface area contributed by atoms with E-state index in [0.29, 0.717) is 45.9 Å². The number of esters is 1. The van der Waals surface area contributed by atoms with E-state index in [1.165, 1.54) is 13.2 Å². The minimum absolute atomic E-state index is 0.0656. The van der Waals surface area contributed by atoms with Crippen molar-refractivity contribution in [2.75, 3.05) is 31.7 Å². The van der Waals surface area contributed by atoms with Crippen LogP contribution in [0.15, 0.2) is 42.7 Å². The van der Waals surface area contributed by atoms with Gasteiger partial charge in [0.2, 0.25) is 0 Å². The molecule has 1 unspecified atom stereocenters. The SMILES string of the molecule is CC(C)(C)OC(=O)N1CCC(n2cnnc2-c2cc(Cl)ccc2N)C1.COC(=O)c1cc(Cl)ccc1N. The van der Waals surface area contributed by atoms with Gasteiger partial charge in [0.05, 0.1) is 18.7 Å². The summed E-state index contributed by atoms with van der Waals surface area (Å²) in [5.74, 6) is 0.172. The van der Waals surface area contributed by atoms with Gasteiger partial charge in [-0.05, 0) is 63.6 Å². The second-order valence-electron chi connectivity index (χ2n) is 9.39. The van der Waals surface area contributed by atoms with Crippen LogP contribution in [0.25, 0.3) is 11.4 Å². The molecule has 10 nitrogen and oxygen atoms in total. The van der Waals surface area contributed by atoms with Crippen molar-refractivity contribution < 1.29 is 19.1 Å². The first-order valence-electron chi connectivity index (χ1n) is 11.5. The summed E-state index contributed by atoms with van der Waals surface area (Å²) in [7, 11) is 1.29. The summed E-state index contributed by atoms with van der Waals surface area (Å²) < 4.78 is 11.9. The van der Waals surface area contributed by atoms with Gasteiger partial charge in [-0.2, -0.15) is 0 Å². The van der Waals surface area contributed by atoms with Gasteiger partial charge in [-0.3, -0.25) is 0 Å². The molecule has 0 radical (unpaired) electrons. The molecule has 0 bridgehead atoms. The highest BCUT2D eigenvalue weighted by atomic mass is 35.5. The van der Waals surface area contributed by atoms with Gasteiger partial charge >= 0.3 is 12.1 Å². The van der Waals surface area contributed by atoms with Gasteiger partial charge < -0.3 is 30.4 Å². The van der Waals surface area contributed by atoms with E-state index in [9.17, 15) is 9.59 Å². The Kier molecular flexibility index (Phi) is 8.88. The van der Waals surface area contributed by atoms with Gasteiger partial charge in [0, 0.05) is 40.1 Å². The second kappa shape index (κ2) is 11.7. The number of likely N-dealkylation sites (tertiary alicyclic amines) is 1. The number of aromatic nitrogens is 3. The number of nitrogens with zero attached hydrogens (tertiary/aromatic N) is 4. The summed E-state index contributed by atoms with van der Waals surface area (Å²) in [4.78, 5) is 25.0. The fraction of sp³-hybridized carbons (Fsp3) is 0.360. The fourth-order valence-corrected chi connectivity index (χ4v) is 4.05. The average molecular weight is 549 g/mol. The zero-order valence-electron chi connectivity index (χ0n) is 21.1. The maximum Gasteiger partial charge on any atom is 0.410 e. The van der Waals surface area contributed by atoms with Crippen molar-refractivity contribution in [2.45, 2.75) is 38.8 Å². The Bertz CT molecular complexity index is 1270. The minimum Gasteiger partial charge on any atom is -0.465 e. The second-order valence-corrected chi connectivity index (χ2v) is 10.3. The molecule has 1 saturated heterocycles. The van der Waals surface area contributed by atoms with Crippen molar-refractivity contribution >= 4 is 46.6 Å². The zero-order chi connectivity index (χ0) is 27.3. The third-order valence-corrected chi connectivity index (χ3v) is 5.93. The smallest absolute Gasteiger partial charge is 0.410 e. The Morgan fingerprint density at radius 2 is 1.70 bits per heavy atom. The number of hydrogen-bond donors (Lipinski definition) is 2. The molecule has 2 aromatic carbocycles. The molecular weight excluding hydrogens is 519 g/mol. The molecule has 1 aromatic heterocycles. The molecule has 1 atom stereocenters. The molecule has 1 aliphatic rings. The first kappa shape index (κ1) is 28.1. The Labute approximate surface area is 225 Å². The predicted octanol–water partition coefficient (Wildman–Crippen LogP) is 5.07. The number of halogens is 2. The van der Waals surface area contributed by atoms with Crippen molar-refractivity contribution in [2.24, 2.45) is 0 Å². The number of benzene rings is 2. The highest BCUT2D eigenvalue weighted by Gasteiger charge is 2.32. The summed E-state index contributed by atoms with van der Waals surface area (Å²) in [6.07, 6.45) is 2.16. The number of nitrogens with two attached hydrogens (primary N) is 2. The topological polar surface area (TPSA) is 139 Å². The van der Waals surface area contributed by atoms with Gasteiger partial charge in [-0.15, -0.1) is 10.2 Å². The molecule has 2 heterocycles. The Balaban J connectivity index is 0.000000266. The Morgan fingerprint density at radius 1 is 1.05 bits per heavy atom. The molecule has 1 aliphatic heterocycles. The van der Waals surface area contributed by atoms with Crippen molar-refractivity contribution in [3.8, 4) is 11.4 Å². The van der Waals surface area contributed by atoms with Crippen LogP contribution in [-0.4, -0.2) is 57.5 Å². The van der Waals surface area contributed by atoms with E-state index in [0.717, 1.165) is 12.0 Å². The van der Waals surface area contributed by atoms with Crippen LogP contribution in [0.1, 0.15) is 43.6 Å². The number of carbonyl (C=O) groups is 2. The number of ether oxygens (including phenoxy) is 2. The lowest BCUT2D eigenvalue weighted by atomic mass is 10.1. The minimum atomic E-state index is -0.508. The van der Waals surface area contributed by atoms with Gasteiger partial charge in [0.15, 0.2) is 5.82 Å². The van der Waals surface area contributed by atoms with Crippen LogP contribution >= 0.6 is 23.2 Å². The molecule has 0 spiro atoms. The largest absolute Gasteiger partial charge is 0.465 e. The molecule has 4 rings (SSSR count). The number of nitrogen functional groups attached to an aromatic ring is 2. The third-order valence-electron chi connectivity index (χ3n) is 5.46. The monoisotopic (exact) mass is 548 g/mol. The van der Waals surface area contributed by atoms with Gasteiger partial charge in [-0.1, -0.05) is 23.2 Å². The molecule has 3 aromatic rings. The maximum absolute atomic E-state index is 12.3. The third kappa shape index (κ3) is 7.27. The van der Waals surface area contributed by atoms with E-state index >= 15 is 0 Å². The van der Waals surface area contributed by atoms with E-state index in [-0.39, 0.29) is 12.1 Å². The number of amides is 1. The lowest BCUT2D eigenvalue weighted by Gasteiger charge is -2.24. The normalized spacial score (nSPS) is 15.1. The van der Waals surface area contributed by atoms with Crippen molar-refractivity contribution in [1.29, 1.82) is 0 Å². The summed E-state index contributed by atoms with van der Waals surface area (Å²) in [6.45, 7) is 6.75. The Hall–Kier alpha value is -3.50. The maximum atomic E-state index is 12.3. The number of rotatable bonds is 3. The van der Waals surface area contributed by atoms with E-state index in [4.69, 9.17) is 39.4 Å². The standard InChI is InChI=1S/C17H22ClN5O2.C8H8ClNO2/c1-17(2,3)25-16(24)22-7-6-12(9-22)23-10-20-21-15(23)13-8-11(18)4-5-14(13)19;1-12-8(11)6-4-5(9)2-3-7(6)10/h4-5,8,10,12H,6-7,9,19H2,1-3H3;2-4H,10H2,1H3. The first-order chi connectivity index (χ1) is 17.4. The summed E-state index contributed by atoms with van der Waals surface area (Å²) in [5, 5.41) is 9.27. The predicted molar refractivity (Wildman–Crippen MR) is 144 cm³/mol. The van der Waals surface area contributed by atoms with E-state index in [1.807, 2.05) is 25.3 Å². The number of anilines is 2. The molecule has 4 N–H and O–H groups in total. The molecule has 12 heteroatoms. The Morgan fingerprint density at radius 3 is 2.35 bits per heavy atom. The molecule has 1 fully saturated rings. The highest BCUT2D eigenvalue weighted by Crippen LogP contribution is 2.32.